The molecular formula is C16H23N3O4S. The van der Waals surface area contributed by atoms with Gasteiger partial charge < -0.3 is 10.6 Å². The molecule has 1 aromatic rings. The Morgan fingerprint density at radius 3 is 2.54 bits per heavy atom. The smallest absolute Gasteiger partial charge is 0.270 e. The molecule has 2 rings (SSSR count). The second-order valence-electron chi connectivity index (χ2n) is 5.94. The number of nitrogens with zero attached hydrogens (tertiary/aromatic N) is 1. The van der Waals surface area contributed by atoms with Gasteiger partial charge in [-0.25, -0.2) is 13.4 Å². The number of unbranched alkanes of at least 4 members (excludes halogenated alkanes) is 2. The van der Waals surface area contributed by atoms with E-state index in [1.54, 1.807) is 12.1 Å². The Morgan fingerprint density at radius 1 is 1.21 bits per heavy atom. The van der Waals surface area contributed by atoms with Crippen LogP contribution in [0.4, 0.5) is 0 Å². The Bertz CT molecular complexity index is 703. The fraction of sp³-hybridized carbons (Fsp3) is 0.562. The zero-order valence-corrected chi connectivity index (χ0v) is 14.6. The van der Waals surface area contributed by atoms with Crippen LogP contribution >= 0.6 is 0 Å². The van der Waals surface area contributed by atoms with Gasteiger partial charge in [-0.1, -0.05) is 25.8 Å². The summed E-state index contributed by atoms with van der Waals surface area (Å²) in [5.74, 6) is -0.732. The highest BCUT2D eigenvalue weighted by molar-refractivity contribution is 7.91. The molecule has 1 aliphatic heterocycles. The Kier molecular flexibility index (Phi) is 6.30. The molecule has 0 aromatic carbocycles. The lowest BCUT2D eigenvalue weighted by Crippen LogP contribution is -2.36. The summed E-state index contributed by atoms with van der Waals surface area (Å²) in [5, 5.41) is 5.44. The van der Waals surface area contributed by atoms with Crippen LogP contribution in [0.25, 0.3) is 0 Å². The minimum Gasteiger partial charge on any atom is -0.351 e. The van der Waals surface area contributed by atoms with E-state index in [-0.39, 0.29) is 28.8 Å². The molecule has 0 spiro atoms. The van der Waals surface area contributed by atoms with Gasteiger partial charge in [0, 0.05) is 12.6 Å². The summed E-state index contributed by atoms with van der Waals surface area (Å²) in [4.78, 5) is 28.3. The van der Waals surface area contributed by atoms with E-state index in [4.69, 9.17) is 0 Å². The van der Waals surface area contributed by atoms with E-state index >= 15 is 0 Å². The second-order valence-corrected chi connectivity index (χ2v) is 8.17. The maximum absolute atomic E-state index is 12.2. The standard InChI is InChI=1S/C16H23N3O4S/c1-2-3-4-9-17-15(20)13-6-5-7-14(19-13)16(21)18-12-8-10-24(22,23)11-12/h5-7,12H,2-4,8-11H2,1H3,(H,17,20)(H,18,21). The summed E-state index contributed by atoms with van der Waals surface area (Å²) in [5.41, 5.74) is 0.290. The van der Waals surface area contributed by atoms with Crippen LogP contribution in [0.2, 0.25) is 0 Å². The number of carbonyl (C=O) groups excluding carboxylic acids is 2. The quantitative estimate of drug-likeness (QED) is 0.709. The van der Waals surface area contributed by atoms with Crippen molar-refractivity contribution in [1.29, 1.82) is 0 Å². The van der Waals surface area contributed by atoms with Crippen LogP contribution in [0.3, 0.4) is 0 Å². The molecule has 1 aliphatic rings. The van der Waals surface area contributed by atoms with E-state index in [1.165, 1.54) is 6.07 Å². The highest BCUT2D eigenvalue weighted by atomic mass is 32.2. The van der Waals surface area contributed by atoms with Crippen molar-refractivity contribution in [2.45, 2.75) is 38.6 Å². The summed E-state index contributed by atoms with van der Waals surface area (Å²) in [7, 11) is -3.06. The third kappa shape index (κ3) is 5.30. The first-order chi connectivity index (χ1) is 11.4. The topological polar surface area (TPSA) is 105 Å². The van der Waals surface area contributed by atoms with E-state index in [1.807, 2.05) is 0 Å². The van der Waals surface area contributed by atoms with Gasteiger partial charge in [-0.2, -0.15) is 0 Å². The highest BCUT2D eigenvalue weighted by Crippen LogP contribution is 2.12. The Morgan fingerprint density at radius 2 is 1.92 bits per heavy atom. The van der Waals surface area contributed by atoms with Gasteiger partial charge in [0.2, 0.25) is 0 Å². The molecule has 0 radical (unpaired) electrons. The molecule has 1 atom stereocenters. The van der Waals surface area contributed by atoms with Gasteiger partial charge in [-0.15, -0.1) is 0 Å². The van der Waals surface area contributed by atoms with Crippen LogP contribution in [0, 0.1) is 0 Å². The van der Waals surface area contributed by atoms with Gasteiger partial charge in [0.25, 0.3) is 11.8 Å². The first-order valence-corrected chi connectivity index (χ1v) is 10.00. The number of sulfone groups is 1. The number of aromatic nitrogens is 1. The molecule has 132 valence electrons. The summed E-state index contributed by atoms with van der Waals surface area (Å²) in [6, 6.07) is 4.25. The van der Waals surface area contributed by atoms with Crippen LogP contribution in [-0.4, -0.2) is 49.3 Å². The molecule has 1 unspecified atom stereocenters. The lowest BCUT2D eigenvalue weighted by atomic mass is 10.2. The first-order valence-electron chi connectivity index (χ1n) is 8.18. The molecule has 0 bridgehead atoms. The summed E-state index contributed by atoms with van der Waals surface area (Å²) >= 11 is 0. The summed E-state index contributed by atoms with van der Waals surface area (Å²) in [6.07, 6.45) is 3.42. The normalized spacial score (nSPS) is 19.0. The number of amides is 2. The SMILES string of the molecule is CCCCCNC(=O)c1cccc(C(=O)NC2CCS(=O)(=O)C2)n1. The minimum absolute atomic E-state index is 0.0453. The monoisotopic (exact) mass is 353 g/mol. The number of rotatable bonds is 7. The van der Waals surface area contributed by atoms with Gasteiger partial charge >= 0.3 is 0 Å². The van der Waals surface area contributed by atoms with E-state index in [9.17, 15) is 18.0 Å². The molecule has 0 aliphatic carbocycles. The molecular weight excluding hydrogens is 330 g/mol. The van der Waals surface area contributed by atoms with Crippen LogP contribution < -0.4 is 10.6 Å². The Hall–Kier alpha value is -1.96. The number of hydrogen-bond donors (Lipinski definition) is 2. The average molecular weight is 353 g/mol. The maximum Gasteiger partial charge on any atom is 0.270 e. The van der Waals surface area contributed by atoms with Crippen LogP contribution in [0.15, 0.2) is 18.2 Å². The third-order valence-corrected chi connectivity index (χ3v) is 5.62. The van der Waals surface area contributed by atoms with Crippen molar-refractivity contribution in [3.63, 3.8) is 0 Å². The zero-order valence-electron chi connectivity index (χ0n) is 13.7. The van der Waals surface area contributed by atoms with Gasteiger partial charge in [-0.05, 0) is 25.0 Å². The summed E-state index contributed by atoms with van der Waals surface area (Å²) in [6.45, 7) is 2.66. The van der Waals surface area contributed by atoms with Crippen LogP contribution in [0.5, 0.6) is 0 Å². The average Bonchev–Trinajstić information content (AvgIpc) is 2.90. The van der Waals surface area contributed by atoms with Gasteiger partial charge in [0.15, 0.2) is 9.84 Å². The predicted octanol–water partition coefficient (Wildman–Crippen LogP) is 0.918. The van der Waals surface area contributed by atoms with Crippen LogP contribution in [0.1, 0.15) is 53.6 Å². The predicted molar refractivity (Wildman–Crippen MR) is 90.6 cm³/mol. The minimum atomic E-state index is -3.06. The Balaban J connectivity index is 1.94. The lowest BCUT2D eigenvalue weighted by Gasteiger charge is -2.11. The van der Waals surface area contributed by atoms with Crippen molar-refractivity contribution in [3.8, 4) is 0 Å². The number of carbonyl (C=O) groups is 2. The first kappa shape index (κ1) is 18.4. The van der Waals surface area contributed by atoms with E-state index in [0.29, 0.717) is 13.0 Å². The van der Waals surface area contributed by atoms with Crippen molar-refractivity contribution in [3.05, 3.63) is 29.6 Å². The van der Waals surface area contributed by atoms with Gasteiger partial charge in [0.1, 0.15) is 11.4 Å². The van der Waals surface area contributed by atoms with Gasteiger partial charge in [0.05, 0.1) is 11.5 Å². The number of nitrogens with one attached hydrogen (secondary N) is 2. The largest absolute Gasteiger partial charge is 0.351 e. The number of pyridine rings is 1. The molecule has 2 amide bonds. The molecule has 7 nitrogen and oxygen atoms in total. The molecule has 1 fully saturated rings. The van der Waals surface area contributed by atoms with Crippen molar-refractivity contribution in [2.75, 3.05) is 18.1 Å². The van der Waals surface area contributed by atoms with Gasteiger partial charge in [-0.3, -0.25) is 9.59 Å². The van der Waals surface area contributed by atoms with E-state index in [0.717, 1.165) is 19.3 Å². The molecule has 24 heavy (non-hydrogen) atoms. The molecule has 1 aromatic heterocycles. The molecule has 8 heteroatoms. The number of hydrogen-bond acceptors (Lipinski definition) is 5. The maximum atomic E-state index is 12.2. The molecule has 2 N–H and O–H groups in total. The van der Waals surface area contributed by atoms with Crippen LogP contribution in [-0.2, 0) is 9.84 Å². The fourth-order valence-corrected chi connectivity index (χ4v) is 4.20. The lowest BCUT2D eigenvalue weighted by molar-refractivity contribution is 0.0935. The zero-order chi connectivity index (χ0) is 17.6. The van der Waals surface area contributed by atoms with Crippen molar-refractivity contribution >= 4 is 21.7 Å². The molecule has 1 saturated heterocycles. The molecule has 0 saturated carbocycles. The third-order valence-electron chi connectivity index (χ3n) is 3.85. The Labute approximate surface area is 142 Å². The molecule has 2 heterocycles. The second kappa shape index (κ2) is 8.23. The van der Waals surface area contributed by atoms with Crippen molar-refractivity contribution in [2.24, 2.45) is 0 Å². The highest BCUT2D eigenvalue weighted by Gasteiger charge is 2.29. The van der Waals surface area contributed by atoms with Crippen molar-refractivity contribution in [1.82, 2.24) is 15.6 Å². The van der Waals surface area contributed by atoms with E-state index < -0.39 is 21.8 Å². The van der Waals surface area contributed by atoms with Crippen molar-refractivity contribution < 1.29 is 18.0 Å². The fourth-order valence-electron chi connectivity index (χ4n) is 2.52. The summed E-state index contributed by atoms with van der Waals surface area (Å²) < 4.78 is 22.9. The van der Waals surface area contributed by atoms with E-state index in [2.05, 4.69) is 22.5 Å².